The number of nitrogens with one attached hydrogen (secondary N) is 2. The minimum atomic E-state index is -1.35. The minimum Gasteiger partial charge on any atom is -0.458 e. The lowest BCUT2D eigenvalue weighted by molar-refractivity contribution is -0.222. The van der Waals surface area contributed by atoms with Gasteiger partial charge in [0.25, 0.3) is 0 Å². The quantitative estimate of drug-likeness (QED) is 0.166. The highest BCUT2D eigenvalue weighted by Crippen LogP contribution is 2.24. The monoisotopic (exact) mass is 487 g/mol. The van der Waals surface area contributed by atoms with Crippen LogP contribution in [0.3, 0.4) is 0 Å². The molecule has 0 aromatic rings. The fraction of sp³-hybridized carbons (Fsp3) is 0.667. The summed E-state index contributed by atoms with van der Waals surface area (Å²) in [6, 6.07) is -2.56. The van der Waals surface area contributed by atoms with Gasteiger partial charge in [0.05, 0.1) is 19.1 Å². The smallest absolute Gasteiger partial charge is 0.329 e. The molecule has 1 fully saturated rings. The van der Waals surface area contributed by atoms with Crippen LogP contribution >= 0.6 is 0 Å². The first-order valence-corrected chi connectivity index (χ1v) is 10.5. The number of hydrogen-bond donors (Lipinski definition) is 4. The van der Waals surface area contributed by atoms with Crippen LogP contribution in [0.1, 0.15) is 41.0 Å². The van der Waals surface area contributed by atoms with E-state index in [9.17, 15) is 29.1 Å². The molecule has 0 spiro atoms. The van der Waals surface area contributed by atoms with Crippen LogP contribution < -0.4 is 16.4 Å². The van der Waals surface area contributed by atoms with Gasteiger partial charge in [0.1, 0.15) is 24.0 Å². The molecule has 6 atom stereocenters. The van der Waals surface area contributed by atoms with Gasteiger partial charge in [0.15, 0.2) is 12.2 Å². The van der Waals surface area contributed by atoms with Crippen LogP contribution in [0.15, 0.2) is 12.7 Å². The van der Waals surface area contributed by atoms with Crippen LogP contribution in [0.25, 0.3) is 0 Å². The van der Waals surface area contributed by atoms with E-state index in [1.165, 1.54) is 0 Å². The molecule has 13 heteroatoms. The lowest BCUT2D eigenvalue weighted by Gasteiger charge is -2.43. The Labute approximate surface area is 197 Å². The molecule has 1 rings (SSSR count). The maximum atomic E-state index is 12.7. The van der Waals surface area contributed by atoms with Crippen LogP contribution in [0, 0.1) is 0 Å². The van der Waals surface area contributed by atoms with Crippen molar-refractivity contribution in [1.82, 2.24) is 10.6 Å². The maximum absolute atomic E-state index is 12.7. The van der Waals surface area contributed by atoms with E-state index in [0.717, 1.165) is 19.9 Å². The van der Waals surface area contributed by atoms with Crippen LogP contribution in [-0.2, 0) is 42.9 Å². The van der Waals surface area contributed by atoms with Crippen molar-refractivity contribution < 1.29 is 48.0 Å². The summed E-state index contributed by atoms with van der Waals surface area (Å²) in [4.78, 5) is 60.0. The van der Waals surface area contributed by atoms with Crippen LogP contribution in [0.4, 0.5) is 0 Å². The lowest BCUT2D eigenvalue weighted by Crippen LogP contribution is -2.68. The molecule has 13 nitrogen and oxygen atoms in total. The molecule has 2 amide bonds. The standard InChI is InChI=1S/C21H33N3O10/c1-7-14(28)23-12(20(30)34-21(4,5)6)8-15(29)24-19-16(22)18(32-11(3)27)17(31-10(2)26)13(9-25)33-19/h7,12-13,16-19,25H,1,8-9,22H2,2-6H3,(H,23,28)(H,24,29)/t12-,13+,16+,17+,18+,19+/m0/s1. The predicted molar refractivity (Wildman–Crippen MR) is 116 cm³/mol. The highest BCUT2D eigenvalue weighted by molar-refractivity contribution is 5.93. The van der Waals surface area contributed by atoms with Crippen molar-refractivity contribution >= 4 is 29.7 Å². The van der Waals surface area contributed by atoms with E-state index in [4.69, 9.17) is 24.7 Å². The van der Waals surface area contributed by atoms with Gasteiger partial charge in [-0.1, -0.05) is 6.58 Å². The Morgan fingerprint density at radius 2 is 1.68 bits per heavy atom. The number of rotatable bonds is 9. The molecule has 0 radical (unpaired) electrons. The zero-order chi connectivity index (χ0) is 26.2. The molecule has 1 saturated heterocycles. The summed E-state index contributed by atoms with van der Waals surface area (Å²) in [7, 11) is 0. The molecular weight excluding hydrogens is 454 g/mol. The molecule has 5 N–H and O–H groups in total. The fourth-order valence-electron chi connectivity index (χ4n) is 3.11. The molecule has 0 aliphatic carbocycles. The van der Waals surface area contributed by atoms with Crippen molar-refractivity contribution in [2.75, 3.05) is 6.61 Å². The Kier molecular flexibility index (Phi) is 10.6. The summed E-state index contributed by atoms with van der Waals surface area (Å²) in [6.07, 6.45) is -4.57. The van der Waals surface area contributed by atoms with Gasteiger partial charge in [0, 0.05) is 13.8 Å². The van der Waals surface area contributed by atoms with Crippen molar-refractivity contribution in [1.29, 1.82) is 0 Å². The summed E-state index contributed by atoms with van der Waals surface area (Å²) >= 11 is 0. The average molecular weight is 488 g/mol. The zero-order valence-corrected chi connectivity index (χ0v) is 19.9. The second-order valence-electron chi connectivity index (χ2n) is 8.57. The second-order valence-corrected chi connectivity index (χ2v) is 8.57. The van der Waals surface area contributed by atoms with Crippen molar-refractivity contribution in [2.24, 2.45) is 5.73 Å². The number of amides is 2. The van der Waals surface area contributed by atoms with Gasteiger partial charge in [0.2, 0.25) is 11.8 Å². The van der Waals surface area contributed by atoms with E-state index in [2.05, 4.69) is 17.2 Å². The Balaban J connectivity index is 3.04. The van der Waals surface area contributed by atoms with Gasteiger partial charge in [-0.15, -0.1) is 0 Å². The number of aliphatic hydroxyl groups excluding tert-OH is 1. The second kappa shape index (κ2) is 12.4. The van der Waals surface area contributed by atoms with Crippen LogP contribution in [-0.4, -0.2) is 83.7 Å². The molecule has 34 heavy (non-hydrogen) atoms. The summed E-state index contributed by atoms with van der Waals surface area (Å²) in [6.45, 7) is 9.75. The van der Waals surface area contributed by atoms with Crippen LogP contribution in [0.5, 0.6) is 0 Å². The van der Waals surface area contributed by atoms with Crippen LogP contribution in [0.2, 0.25) is 0 Å². The van der Waals surface area contributed by atoms with E-state index in [1.54, 1.807) is 20.8 Å². The maximum Gasteiger partial charge on any atom is 0.329 e. The Hall–Kier alpha value is -3.03. The van der Waals surface area contributed by atoms with Crippen molar-refractivity contribution in [3.63, 3.8) is 0 Å². The number of ether oxygens (including phenoxy) is 4. The highest BCUT2D eigenvalue weighted by atomic mass is 16.6. The normalized spacial score (nSPS) is 25.3. The first-order valence-electron chi connectivity index (χ1n) is 10.5. The topological polar surface area (TPSA) is 193 Å². The molecule has 0 bridgehead atoms. The molecule has 1 heterocycles. The highest BCUT2D eigenvalue weighted by Gasteiger charge is 2.48. The average Bonchev–Trinajstić information content (AvgIpc) is 2.70. The fourth-order valence-corrected chi connectivity index (χ4v) is 3.11. The summed E-state index contributed by atoms with van der Waals surface area (Å²) in [5.74, 6) is -3.79. The van der Waals surface area contributed by atoms with E-state index < -0.39 is 85.0 Å². The molecular formula is C21H33N3O10. The molecule has 0 unspecified atom stereocenters. The van der Waals surface area contributed by atoms with Crippen molar-refractivity contribution in [2.45, 2.75) is 83.3 Å². The minimum absolute atomic E-state index is 0.545. The van der Waals surface area contributed by atoms with Gasteiger partial charge in [-0.2, -0.15) is 0 Å². The predicted octanol–water partition coefficient (Wildman–Crippen LogP) is -1.59. The van der Waals surface area contributed by atoms with Gasteiger partial charge in [-0.25, -0.2) is 4.79 Å². The van der Waals surface area contributed by atoms with Gasteiger partial charge >= 0.3 is 17.9 Å². The molecule has 0 saturated carbocycles. The number of carbonyl (C=O) groups excluding carboxylic acids is 5. The van der Waals surface area contributed by atoms with E-state index in [-0.39, 0.29) is 0 Å². The van der Waals surface area contributed by atoms with Crippen molar-refractivity contribution in [3.8, 4) is 0 Å². The van der Waals surface area contributed by atoms with Gasteiger partial charge < -0.3 is 40.4 Å². The lowest BCUT2D eigenvalue weighted by atomic mass is 9.96. The molecule has 1 aliphatic rings. The third-order valence-electron chi connectivity index (χ3n) is 4.41. The Morgan fingerprint density at radius 1 is 1.12 bits per heavy atom. The number of hydrogen-bond acceptors (Lipinski definition) is 11. The number of nitrogens with two attached hydrogens (primary N) is 1. The Bertz CT molecular complexity index is 794. The molecule has 0 aromatic carbocycles. The third-order valence-corrected chi connectivity index (χ3v) is 4.41. The first-order chi connectivity index (χ1) is 15.7. The van der Waals surface area contributed by atoms with E-state index in [1.807, 2.05) is 0 Å². The summed E-state index contributed by atoms with van der Waals surface area (Å²) in [5, 5.41) is 14.4. The molecule has 0 aromatic heterocycles. The van der Waals surface area contributed by atoms with E-state index in [0.29, 0.717) is 0 Å². The zero-order valence-electron chi connectivity index (χ0n) is 19.9. The third kappa shape index (κ3) is 9.08. The van der Waals surface area contributed by atoms with Gasteiger partial charge in [-0.3, -0.25) is 19.2 Å². The summed E-state index contributed by atoms with van der Waals surface area (Å²) < 4.78 is 21.1. The number of carbonyl (C=O) groups is 5. The first kappa shape index (κ1) is 29.0. The number of aliphatic hydroxyl groups is 1. The number of esters is 3. The molecule has 1 aliphatic heterocycles. The van der Waals surface area contributed by atoms with Gasteiger partial charge in [-0.05, 0) is 26.8 Å². The largest absolute Gasteiger partial charge is 0.458 e. The SMILES string of the molecule is C=CC(=O)N[C@@H](CC(=O)N[C@@H]1O[C@H](CO)[C@@H](OC(C)=O)[C@H](OC(C)=O)[C@H]1N)C(=O)OC(C)(C)C. The van der Waals surface area contributed by atoms with Crippen molar-refractivity contribution in [3.05, 3.63) is 12.7 Å². The summed E-state index contributed by atoms with van der Waals surface area (Å²) in [5.41, 5.74) is 5.24. The van der Waals surface area contributed by atoms with E-state index >= 15 is 0 Å². The Morgan fingerprint density at radius 3 is 2.15 bits per heavy atom. The molecule has 192 valence electrons.